The molecule has 34 heavy (non-hydrogen) atoms. The molecule has 4 rings (SSSR count). The third kappa shape index (κ3) is 4.74. The van der Waals surface area contributed by atoms with E-state index in [1.165, 1.54) is 11.3 Å². The standard InChI is InChI=1S/C26H34N4O3S/c1-5-29(6-2)20(18-11-10-12-19(15-18)33-4)16-27-24(31)23-17(3)22-25(34-23)28-21-13-8-7-9-14-30(21)26(22)32/h10-12,15,20H,5-9,13-14,16H2,1-4H3,(H,27,31)/t20-/m1/s1. The molecule has 0 unspecified atom stereocenters. The molecule has 0 aliphatic carbocycles. The molecule has 2 aromatic heterocycles. The van der Waals surface area contributed by atoms with Crippen molar-refractivity contribution >= 4 is 27.5 Å². The van der Waals surface area contributed by atoms with E-state index in [2.05, 4.69) is 30.1 Å². The number of fused-ring (bicyclic) bond motifs is 2. The molecule has 3 aromatic rings. The van der Waals surface area contributed by atoms with Crippen molar-refractivity contribution in [2.24, 2.45) is 0 Å². The number of ether oxygens (including phenoxy) is 1. The van der Waals surface area contributed by atoms with Crippen LogP contribution in [0.25, 0.3) is 10.2 Å². The van der Waals surface area contributed by atoms with Gasteiger partial charge < -0.3 is 10.1 Å². The van der Waals surface area contributed by atoms with Gasteiger partial charge in [-0.2, -0.15) is 0 Å². The normalized spacial score (nSPS) is 14.6. The second-order valence-corrected chi connectivity index (χ2v) is 9.75. The van der Waals surface area contributed by atoms with Gasteiger partial charge >= 0.3 is 0 Å². The molecule has 1 aromatic carbocycles. The van der Waals surface area contributed by atoms with Gasteiger partial charge in [-0.25, -0.2) is 4.98 Å². The number of likely N-dealkylation sites (N-methyl/N-ethyl adjacent to an activating group) is 1. The Morgan fingerprint density at radius 1 is 1.26 bits per heavy atom. The topological polar surface area (TPSA) is 76.5 Å². The number of carbonyl (C=O) groups excluding carboxylic acids is 1. The third-order valence-corrected chi connectivity index (χ3v) is 7.99. The number of hydrogen-bond donors (Lipinski definition) is 1. The number of aryl methyl sites for hydroxylation is 2. The Labute approximate surface area is 204 Å². The molecule has 7 nitrogen and oxygen atoms in total. The monoisotopic (exact) mass is 482 g/mol. The van der Waals surface area contributed by atoms with E-state index in [1.54, 1.807) is 7.11 Å². The maximum Gasteiger partial charge on any atom is 0.262 e. The first-order valence-corrected chi connectivity index (χ1v) is 13.0. The highest BCUT2D eigenvalue weighted by Gasteiger charge is 2.24. The van der Waals surface area contributed by atoms with E-state index in [4.69, 9.17) is 9.72 Å². The number of rotatable bonds is 8. The number of hydrogen-bond acceptors (Lipinski definition) is 6. The van der Waals surface area contributed by atoms with Gasteiger partial charge in [0.25, 0.3) is 11.5 Å². The Balaban J connectivity index is 1.62. The van der Waals surface area contributed by atoms with Gasteiger partial charge in [0, 0.05) is 19.5 Å². The molecule has 0 radical (unpaired) electrons. The summed E-state index contributed by atoms with van der Waals surface area (Å²) in [5.41, 5.74) is 1.82. The van der Waals surface area contributed by atoms with Crippen LogP contribution in [0.3, 0.4) is 0 Å². The van der Waals surface area contributed by atoms with Crippen molar-refractivity contribution in [2.75, 3.05) is 26.7 Å². The Morgan fingerprint density at radius 3 is 2.79 bits per heavy atom. The van der Waals surface area contributed by atoms with E-state index in [0.29, 0.717) is 28.2 Å². The number of nitrogens with zero attached hydrogens (tertiary/aromatic N) is 3. The molecule has 0 fully saturated rings. The fourth-order valence-electron chi connectivity index (χ4n) is 4.87. The quantitative estimate of drug-likeness (QED) is 0.518. The number of carbonyl (C=O) groups is 1. The van der Waals surface area contributed by atoms with Crippen molar-refractivity contribution in [3.63, 3.8) is 0 Å². The zero-order chi connectivity index (χ0) is 24.2. The van der Waals surface area contributed by atoms with Gasteiger partial charge in [0.05, 0.1) is 23.4 Å². The lowest BCUT2D eigenvalue weighted by molar-refractivity contribution is 0.0938. The molecule has 1 amide bonds. The summed E-state index contributed by atoms with van der Waals surface area (Å²) in [7, 11) is 1.66. The highest BCUT2D eigenvalue weighted by molar-refractivity contribution is 7.20. The van der Waals surface area contributed by atoms with Crippen LogP contribution < -0.4 is 15.6 Å². The molecular formula is C26H34N4O3S. The molecule has 1 N–H and O–H groups in total. The van der Waals surface area contributed by atoms with Gasteiger partial charge in [-0.05, 0) is 56.1 Å². The SMILES string of the molecule is CCN(CC)[C@H](CNC(=O)c1sc2nc3n(c(=O)c2c1C)CCCCC3)c1cccc(OC)c1. The number of amides is 1. The number of aromatic nitrogens is 2. The van der Waals surface area contributed by atoms with E-state index in [9.17, 15) is 9.59 Å². The molecule has 0 saturated carbocycles. The predicted octanol–water partition coefficient (Wildman–Crippen LogP) is 4.31. The van der Waals surface area contributed by atoms with E-state index in [1.807, 2.05) is 29.7 Å². The molecule has 8 heteroatoms. The van der Waals surface area contributed by atoms with Crippen molar-refractivity contribution in [1.29, 1.82) is 0 Å². The lowest BCUT2D eigenvalue weighted by Gasteiger charge is -2.30. The van der Waals surface area contributed by atoms with Gasteiger partial charge in [-0.1, -0.05) is 32.4 Å². The minimum atomic E-state index is -0.153. The summed E-state index contributed by atoms with van der Waals surface area (Å²) in [6.45, 7) is 9.01. The van der Waals surface area contributed by atoms with Crippen molar-refractivity contribution in [1.82, 2.24) is 19.8 Å². The molecule has 182 valence electrons. The number of benzene rings is 1. The maximum atomic E-state index is 13.3. The molecular weight excluding hydrogens is 448 g/mol. The van der Waals surface area contributed by atoms with Crippen LogP contribution in [-0.2, 0) is 13.0 Å². The summed E-state index contributed by atoms with van der Waals surface area (Å²) in [5, 5.41) is 3.73. The molecule has 0 bridgehead atoms. The molecule has 1 atom stereocenters. The first kappa shape index (κ1) is 24.4. The smallest absolute Gasteiger partial charge is 0.262 e. The summed E-state index contributed by atoms with van der Waals surface area (Å²) in [4.78, 5) is 34.9. The average molecular weight is 483 g/mol. The van der Waals surface area contributed by atoms with Crippen LogP contribution in [0.1, 0.15) is 65.8 Å². The van der Waals surface area contributed by atoms with Crippen LogP contribution >= 0.6 is 11.3 Å². The van der Waals surface area contributed by atoms with Crippen LogP contribution in [0, 0.1) is 6.92 Å². The van der Waals surface area contributed by atoms with Crippen LogP contribution in [-0.4, -0.2) is 47.1 Å². The number of thiophene rings is 1. The van der Waals surface area contributed by atoms with E-state index in [-0.39, 0.29) is 17.5 Å². The number of nitrogens with one attached hydrogen (secondary N) is 1. The van der Waals surface area contributed by atoms with Crippen LogP contribution in [0.15, 0.2) is 29.1 Å². The third-order valence-electron chi connectivity index (χ3n) is 6.81. The molecule has 1 aliphatic rings. The van der Waals surface area contributed by atoms with E-state index < -0.39 is 0 Å². The highest BCUT2D eigenvalue weighted by atomic mass is 32.1. The van der Waals surface area contributed by atoms with Gasteiger partial charge in [0.2, 0.25) is 0 Å². The summed E-state index contributed by atoms with van der Waals surface area (Å²) < 4.78 is 7.23. The fraction of sp³-hybridized carbons (Fsp3) is 0.500. The van der Waals surface area contributed by atoms with Gasteiger partial charge in [0.15, 0.2) is 0 Å². The summed E-state index contributed by atoms with van der Waals surface area (Å²) in [6, 6.07) is 8.02. The summed E-state index contributed by atoms with van der Waals surface area (Å²) in [5.74, 6) is 1.50. The van der Waals surface area contributed by atoms with Gasteiger partial charge in [-0.15, -0.1) is 11.3 Å². The maximum absolute atomic E-state index is 13.3. The lowest BCUT2D eigenvalue weighted by Crippen LogP contribution is -2.38. The lowest BCUT2D eigenvalue weighted by atomic mass is 10.0. The Kier molecular flexibility index (Phi) is 7.68. The fourth-order valence-corrected chi connectivity index (χ4v) is 5.97. The van der Waals surface area contributed by atoms with Crippen molar-refractivity contribution in [3.8, 4) is 5.75 Å². The highest BCUT2D eigenvalue weighted by Crippen LogP contribution is 2.29. The van der Waals surface area contributed by atoms with E-state index >= 15 is 0 Å². The Bertz CT molecular complexity index is 1230. The summed E-state index contributed by atoms with van der Waals surface area (Å²) in [6.07, 6.45) is 3.97. The molecule has 3 heterocycles. The minimum Gasteiger partial charge on any atom is -0.497 e. The first-order chi connectivity index (χ1) is 16.5. The summed E-state index contributed by atoms with van der Waals surface area (Å²) >= 11 is 1.33. The Morgan fingerprint density at radius 2 is 2.06 bits per heavy atom. The second kappa shape index (κ2) is 10.7. The molecule has 1 aliphatic heterocycles. The van der Waals surface area contributed by atoms with E-state index in [0.717, 1.165) is 61.5 Å². The second-order valence-electron chi connectivity index (χ2n) is 8.76. The molecule has 0 spiro atoms. The van der Waals surface area contributed by atoms with Crippen LogP contribution in [0.4, 0.5) is 0 Å². The van der Waals surface area contributed by atoms with Crippen molar-refractivity contribution < 1.29 is 9.53 Å². The average Bonchev–Trinajstić information content (AvgIpc) is 3.02. The predicted molar refractivity (Wildman–Crippen MR) is 137 cm³/mol. The van der Waals surface area contributed by atoms with Crippen molar-refractivity contribution in [3.05, 3.63) is 56.4 Å². The van der Waals surface area contributed by atoms with Gasteiger partial charge in [0.1, 0.15) is 16.4 Å². The van der Waals surface area contributed by atoms with Gasteiger partial charge in [-0.3, -0.25) is 19.1 Å². The number of methoxy groups -OCH3 is 1. The zero-order valence-corrected chi connectivity index (χ0v) is 21.3. The minimum absolute atomic E-state index is 0.00732. The Hall–Kier alpha value is -2.71. The first-order valence-electron chi connectivity index (χ1n) is 12.2. The zero-order valence-electron chi connectivity index (χ0n) is 20.5. The molecule has 0 saturated heterocycles. The largest absolute Gasteiger partial charge is 0.497 e. The van der Waals surface area contributed by atoms with Crippen LogP contribution in [0.2, 0.25) is 0 Å². The van der Waals surface area contributed by atoms with Crippen molar-refractivity contribution in [2.45, 2.75) is 59.0 Å². The van der Waals surface area contributed by atoms with Crippen LogP contribution in [0.5, 0.6) is 5.75 Å².